The van der Waals surface area contributed by atoms with Crippen LogP contribution in [-0.4, -0.2) is 88.5 Å². The highest BCUT2D eigenvalue weighted by Gasteiger charge is 2.40. The third-order valence-corrected chi connectivity index (χ3v) is 10.9. The molecule has 0 spiro atoms. The lowest BCUT2D eigenvalue weighted by Crippen LogP contribution is -2.56. The quantitative estimate of drug-likeness (QED) is 0.0442. The van der Waals surface area contributed by atoms with Crippen LogP contribution in [0.1, 0.15) is 103 Å². The Bertz CT molecular complexity index is 2270. The molecule has 1 saturated heterocycles. The average molecular weight is 933 g/mol. The van der Waals surface area contributed by atoms with Gasteiger partial charge in [-0.2, -0.15) is 0 Å². The first-order valence-electron chi connectivity index (χ1n) is 22.8. The summed E-state index contributed by atoms with van der Waals surface area (Å²) in [6.45, 7) is 12.0. The Morgan fingerprint density at radius 1 is 0.706 bits per heavy atom. The molecule has 5 rings (SSSR count). The van der Waals surface area contributed by atoms with E-state index in [1.54, 1.807) is 65.8 Å². The van der Waals surface area contributed by atoms with Gasteiger partial charge in [0.2, 0.25) is 23.6 Å². The molecule has 0 aliphatic carbocycles. The van der Waals surface area contributed by atoms with Crippen LogP contribution in [0, 0.1) is 0 Å². The highest BCUT2D eigenvalue weighted by molar-refractivity contribution is 6.01. The van der Waals surface area contributed by atoms with Gasteiger partial charge in [0.1, 0.15) is 47.5 Å². The molecular weight excluding hydrogens is 869 g/mol. The third kappa shape index (κ3) is 14.7. The number of likely N-dealkylation sites (tertiary alicyclic amines) is 1. The average Bonchev–Trinajstić information content (AvgIpc) is 3.80. The van der Waals surface area contributed by atoms with E-state index >= 15 is 0 Å². The molecule has 16 nitrogen and oxygen atoms in total. The summed E-state index contributed by atoms with van der Waals surface area (Å²) in [6, 6.07) is 30.0. The van der Waals surface area contributed by atoms with E-state index in [9.17, 15) is 33.6 Å². The Morgan fingerprint density at radius 2 is 1.24 bits per heavy atom. The molecule has 362 valence electrons. The summed E-state index contributed by atoms with van der Waals surface area (Å²) in [5.41, 5.74) is 6.39. The van der Waals surface area contributed by atoms with Gasteiger partial charge in [-0.05, 0) is 102 Å². The molecule has 1 fully saturated rings. The van der Waals surface area contributed by atoms with Crippen molar-refractivity contribution in [2.75, 3.05) is 11.9 Å². The molecular formula is C52H64N6O10. The van der Waals surface area contributed by atoms with Crippen molar-refractivity contribution in [1.29, 1.82) is 0 Å². The first kappa shape index (κ1) is 51.9. The van der Waals surface area contributed by atoms with Crippen molar-refractivity contribution in [1.82, 2.24) is 20.9 Å². The lowest BCUT2D eigenvalue weighted by Gasteiger charge is -2.37. The van der Waals surface area contributed by atoms with Crippen molar-refractivity contribution < 1.29 is 47.8 Å². The third-order valence-electron chi connectivity index (χ3n) is 10.9. The molecule has 1 aliphatic rings. The maximum atomic E-state index is 14.6. The van der Waals surface area contributed by atoms with E-state index in [4.69, 9.17) is 19.9 Å². The number of ether oxygens (including phenoxy) is 3. The summed E-state index contributed by atoms with van der Waals surface area (Å²) in [4.78, 5) is 95.2. The van der Waals surface area contributed by atoms with E-state index in [1.165, 1.54) is 11.8 Å². The molecule has 4 aromatic rings. The summed E-state index contributed by atoms with van der Waals surface area (Å²) in [5, 5.41) is 11.4. The van der Waals surface area contributed by atoms with Gasteiger partial charge in [-0.1, -0.05) is 103 Å². The Balaban J connectivity index is 1.34. The monoisotopic (exact) mass is 932 g/mol. The van der Waals surface area contributed by atoms with Crippen molar-refractivity contribution in [2.24, 2.45) is 5.73 Å². The second-order valence-corrected chi connectivity index (χ2v) is 18.7. The summed E-state index contributed by atoms with van der Waals surface area (Å²) >= 11 is 0. The second-order valence-electron chi connectivity index (χ2n) is 18.7. The number of amides is 5. The Hall–Kier alpha value is -7.07. The van der Waals surface area contributed by atoms with Crippen molar-refractivity contribution in [3.63, 3.8) is 0 Å². The van der Waals surface area contributed by atoms with Crippen LogP contribution in [0.25, 0.3) is 0 Å². The molecule has 4 atom stereocenters. The molecule has 6 N–H and O–H groups in total. The number of hydrogen-bond acceptors (Lipinski definition) is 11. The topological polar surface area (TPSA) is 225 Å². The minimum absolute atomic E-state index is 0.0402. The smallest absolute Gasteiger partial charge is 0.410 e. The van der Waals surface area contributed by atoms with E-state index in [0.717, 1.165) is 16.7 Å². The largest absolute Gasteiger partial charge is 0.460 e. The first-order valence-corrected chi connectivity index (χ1v) is 22.8. The zero-order valence-electron chi connectivity index (χ0n) is 39.8. The van der Waals surface area contributed by atoms with Crippen LogP contribution in [0.5, 0.6) is 0 Å². The highest BCUT2D eigenvalue weighted by atomic mass is 16.6. The summed E-state index contributed by atoms with van der Waals surface area (Å²) < 4.78 is 16.2. The summed E-state index contributed by atoms with van der Waals surface area (Å²) in [5.74, 6) is -3.82. The van der Waals surface area contributed by atoms with E-state index < -0.39 is 89.0 Å². The van der Waals surface area contributed by atoms with Crippen molar-refractivity contribution in [3.05, 3.63) is 138 Å². The molecule has 0 bridgehead atoms. The highest BCUT2D eigenvalue weighted by Crippen LogP contribution is 2.37. The van der Waals surface area contributed by atoms with E-state index in [0.29, 0.717) is 30.6 Å². The van der Waals surface area contributed by atoms with Crippen molar-refractivity contribution in [3.8, 4) is 0 Å². The van der Waals surface area contributed by atoms with E-state index in [2.05, 4.69) is 21.3 Å². The SMILES string of the molecule is C[C@H](NC(=O)[C@@H]1CCCN1C(=O)OC(C)(C)C)C(=O)N[C@@H](CC(=O)NC(c1ccccc1)(c1ccccc1)c1ccccc1)C(=O)Nc1ccc(COC(=O)[C@@H](N)CCC(=O)OC(C)(C)C)cc1. The number of nitrogens with two attached hydrogens (primary N) is 1. The molecule has 0 aromatic heterocycles. The van der Waals surface area contributed by atoms with Gasteiger partial charge in [-0.15, -0.1) is 0 Å². The van der Waals surface area contributed by atoms with Crippen molar-refractivity contribution in [2.45, 2.75) is 128 Å². The van der Waals surface area contributed by atoms with Crippen LogP contribution in [0.15, 0.2) is 115 Å². The number of esters is 2. The molecule has 16 heteroatoms. The van der Waals surface area contributed by atoms with E-state index in [1.807, 2.05) is 91.0 Å². The molecule has 1 heterocycles. The van der Waals surface area contributed by atoms with E-state index in [-0.39, 0.29) is 19.4 Å². The molecule has 0 unspecified atom stereocenters. The maximum Gasteiger partial charge on any atom is 0.410 e. The van der Waals surface area contributed by atoms with Gasteiger partial charge in [0, 0.05) is 18.7 Å². The molecule has 68 heavy (non-hydrogen) atoms. The molecule has 4 aromatic carbocycles. The van der Waals surface area contributed by atoms with Crippen LogP contribution in [0.3, 0.4) is 0 Å². The molecule has 1 aliphatic heterocycles. The fourth-order valence-corrected chi connectivity index (χ4v) is 7.64. The first-order chi connectivity index (χ1) is 32.1. The summed E-state index contributed by atoms with van der Waals surface area (Å²) in [6.07, 6.45) is -0.257. The molecule has 0 saturated carbocycles. The normalized spacial score (nSPS) is 15.2. The predicted octanol–water partition coefficient (Wildman–Crippen LogP) is 6.00. The lowest BCUT2D eigenvalue weighted by atomic mass is 9.77. The fourth-order valence-electron chi connectivity index (χ4n) is 7.64. The zero-order valence-corrected chi connectivity index (χ0v) is 39.8. The van der Waals surface area contributed by atoms with Gasteiger partial charge in [0.15, 0.2) is 0 Å². The van der Waals surface area contributed by atoms with Gasteiger partial charge in [-0.25, -0.2) is 4.79 Å². The predicted molar refractivity (Wildman–Crippen MR) is 255 cm³/mol. The summed E-state index contributed by atoms with van der Waals surface area (Å²) in [7, 11) is 0. The number of anilines is 1. The number of nitrogens with zero attached hydrogens (tertiary/aromatic N) is 1. The number of benzene rings is 4. The Morgan fingerprint density at radius 3 is 1.75 bits per heavy atom. The fraction of sp³-hybridized carbons (Fsp3) is 0.404. The van der Waals surface area contributed by atoms with Crippen LogP contribution in [0.2, 0.25) is 0 Å². The van der Waals surface area contributed by atoms with Gasteiger partial charge < -0.3 is 41.2 Å². The molecule has 0 radical (unpaired) electrons. The lowest BCUT2D eigenvalue weighted by molar-refractivity contribution is -0.155. The minimum atomic E-state index is -1.46. The van der Waals surface area contributed by atoms with Gasteiger partial charge in [0.05, 0.1) is 6.42 Å². The van der Waals surface area contributed by atoms with Crippen molar-refractivity contribution >= 4 is 47.3 Å². The minimum Gasteiger partial charge on any atom is -0.460 e. The van der Waals surface area contributed by atoms with Gasteiger partial charge in [0.25, 0.3) is 0 Å². The number of nitrogens with one attached hydrogen (secondary N) is 4. The van der Waals surface area contributed by atoms with Crippen LogP contribution >= 0.6 is 0 Å². The van der Waals surface area contributed by atoms with Crippen LogP contribution in [0.4, 0.5) is 10.5 Å². The second kappa shape index (κ2) is 23.1. The zero-order chi connectivity index (χ0) is 49.6. The number of rotatable bonds is 18. The van der Waals surface area contributed by atoms with Crippen LogP contribution < -0.4 is 27.0 Å². The Labute approximate surface area is 398 Å². The van der Waals surface area contributed by atoms with Gasteiger partial charge >= 0.3 is 18.0 Å². The maximum absolute atomic E-state index is 14.6. The number of hydrogen-bond donors (Lipinski definition) is 5. The Kier molecular flexibility index (Phi) is 17.6. The van der Waals surface area contributed by atoms with Crippen LogP contribution in [-0.2, 0) is 55.1 Å². The van der Waals surface area contributed by atoms with Gasteiger partial charge in [-0.3, -0.25) is 33.7 Å². The molecule has 5 amide bonds. The standard InChI is InChI=1S/C52H64N6O10/c1-34(54-47(63)42-24-17-31-58(42)49(65)68-51(5,6)7)45(61)56-41(46(62)55-39-27-25-35(26-28-39)33-66-48(64)40(53)29-30-44(60)67-50(2,3)4)32-43(59)57-52(36-18-11-8-12-19-36,37-20-13-9-14-21-37)38-22-15-10-16-23-38/h8-16,18-23,25-28,34,40-42H,17,24,29-33,53H2,1-7H3,(H,54,63)(H,55,62)(H,56,61)(H,57,59)/t34-,40-,41-,42-/m0/s1. The number of carbonyl (C=O) groups is 7. The number of carbonyl (C=O) groups excluding carboxylic acids is 7.